The summed E-state index contributed by atoms with van der Waals surface area (Å²) in [5.74, 6) is 0.458. The Morgan fingerprint density at radius 3 is 2.75 bits per heavy atom. The first-order valence-corrected chi connectivity index (χ1v) is 12.1. The summed E-state index contributed by atoms with van der Waals surface area (Å²) in [6.07, 6.45) is 9.61. The van der Waals surface area contributed by atoms with Crippen LogP contribution in [0.2, 0.25) is 0 Å². The second kappa shape index (κ2) is 9.06. The van der Waals surface area contributed by atoms with Crippen LogP contribution in [0.3, 0.4) is 0 Å². The quantitative estimate of drug-likeness (QED) is 0.377. The molecule has 1 fully saturated rings. The number of benzene rings is 1. The fourth-order valence-corrected chi connectivity index (χ4v) is 5.02. The first-order chi connectivity index (χ1) is 17.6. The maximum absolute atomic E-state index is 9.29. The number of ether oxygens (including phenoxy) is 1. The second-order valence-electron chi connectivity index (χ2n) is 9.41. The lowest BCUT2D eigenvalue weighted by Crippen LogP contribution is -2.35. The number of aryl methyl sites for hydroxylation is 1. The zero-order valence-corrected chi connectivity index (χ0v) is 20.3. The molecule has 0 amide bonds. The minimum absolute atomic E-state index is 0.458. The molecule has 0 bridgehead atoms. The molecule has 180 valence electrons. The third-order valence-electron chi connectivity index (χ3n) is 6.83. The van der Waals surface area contributed by atoms with E-state index in [0.29, 0.717) is 24.1 Å². The zero-order chi connectivity index (χ0) is 24.6. The molecule has 4 aromatic heterocycles. The van der Waals surface area contributed by atoms with Gasteiger partial charge in [0.05, 0.1) is 35.7 Å². The summed E-state index contributed by atoms with van der Waals surface area (Å²) in [5.41, 5.74) is 5.50. The number of hydrogen-bond donors (Lipinski definition) is 0. The normalized spacial score (nSPS) is 16.4. The lowest BCUT2D eigenvalue weighted by molar-refractivity contribution is 0.143. The average Bonchev–Trinajstić information content (AvgIpc) is 3.54. The minimum atomic E-state index is 0.458. The number of hydrogen-bond acceptors (Lipinski definition) is 7. The molecule has 9 nitrogen and oxygen atoms in total. The summed E-state index contributed by atoms with van der Waals surface area (Å²) < 4.78 is 10.00. The van der Waals surface area contributed by atoms with Crippen LogP contribution in [0.15, 0.2) is 55.1 Å². The summed E-state index contributed by atoms with van der Waals surface area (Å²) in [6.45, 7) is 2.75. The van der Waals surface area contributed by atoms with E-state index in [9.17, 15) is 5.26 Å². The van der Waals surface area contributed by atoms with Gasteiger partial charge in [0, 0.05) is 54.6 Å². The van der Waals surface area contributed by atoms with Gasteiger partial charge in [0.1, 0.15) is 0 Å². The molecule has 5 heterocycles. The van der Waals surface area contributed by atoms with E-state index in [1.54, 1.807) is 23.0 Å². The molecular weight excluding hydrogens is 452 g/mol. The molecule has 9 heteroatoms. The van der Waals surface area contributed by atoms with Crippen molar-refractivity contribution in [3.05, 3.63) is 60.7 Å². The Morgan fingerprint density at radius 2 is 1.94 bits per heavy atom. The summed E-state index contributed by atoms with van der Waals surface area (Å²) in [4.78, 5) is 16.7. The van der Waals surface area contributed by atoms with Crippen LogP contribution in [0.5, 0.6) is 6.01 Å². The Morgan fingerprint density at radius 1 is 1.08 bits per heavy atom. The second-order valence-corrected chi connectivity index (χ2v) is 9.41. The Labute approximate surface area is 208 Å². The van der Waals surface area contributed by atoms with Gasteiger partial charge in [0.2, 0.25) is 0 Å². The molecule has 0 aliphatic carbocycles. The molecule has 1 aromatic carbocycles. The lowest BCUT2D eigenvalue weighted by Gasteiger charge is -2.29. The number of piperidine rings is 1. The lowest BCUT2D eigenvalue weighted by atomic mass is 9.99. The van der Waals surface area contributed by atoms with E-state index in [0.717, 1.165) is 58.6 Å². The smallest absolute Gasteiger partial charge is 0.302 e. The highest BCUT2D eigenvalue weighted by Crippen LogP contribution is 2.37. The van der Waals surface area contributed by atoms with Gasteiger partial charge in [0.25, 0.3) is 0 Å². The van der Waals surface area contributed by atoms with Gasteiger partial charge in [-0.2, -0.15) is 15.3 Å². The van der Waals surface area contributed by atoms with Crippen LogP contribution in [-0.2, 0) is 7.05 Å². The van der Waals surface area contributed by atoms with Crippen molar-refractivity contribution < 1.29 is 4.74 Å². The van der Waals surface area contributed by atoms with Crippen LogP contribution in [-0.4, -0.2) is 60.8 Å². The van der Waals surface area contributed by atoms with E-state index in [1.807, 2.05) is 42.2 Å². The Kier molecular flexibility index (Phi) is 5.58. The van der Waals surface area contributed by atoms with E-state index in [-0.39, 0.29) is 0 Å². The van der Waals surface area contributed by atoms with Crippen LogP contribution in [0.25, 0.3) is 39.1 Å². The maximum Gasteiger partial charge on any atom is 0.302 e. The number of fused-ring (bicyclic) bond motifs is 2. The molecule has 0 N–H and O–H groups in total. The molecule has 1 aliphatic rings. The molecular formula is C27H26N8O. The van der Waals surface area contributed by atoms with E-state index < -0.39 is 0 Å². The first kappa shape index (κ1) is 22.2. The Balaban J connectivity index is 1.49. The number of imidazole rings is 1. The molecule has 0 radical (unpaired) electrons. The van der Waals surface area contributed by atoms with Crippen molar-refractivity contribution in [2.75, 3.05) is 26.7 Å². The molecule has 0 unspecified atom stereocenters. The van der Waals surface area contributed by atoms with E-state index >= 15 is 0 Å². The monoisotopic (exact) mass is 478 g/mol. The van der Waals surface area contributed by atoms with Crippen LogP contribution in [0, 0.1) is 17.2 Å². The van der Waals surface area contributed by atoms with E-state index in [4.69, 9.17) is 14.7 Å². The van der Waals surface area contributed by atoms with Crippen LogP contribution >= 0.6 is 0 Å². The van der Waals surface area contributed by atoms with Crippen molar-refractivity contribution in [3.8, 4) is 34.5 Å². The molecule has 1 saturated heterocycles. The number of nitrogens with zero attached hydrogens (tertiary/aromatic N) is 8. The number of aromatic nitrogens is 6. The van der Waals surface area contributed by atoms with Gasteiger partial charge in [-0.3, -0.25) is 9.08 Å². The van der Waals surface area contributed by atoms with Crippen molar-refractivity contribution in [1.82, 2.24) is 34.0 Å². The molecule has 6 rings (SSSR count). The molecule has 36 heavy (non-hydrogen) atoms. The van der Waals surface area contributed by atoms with Crippen LogP contribution < -0.4 is 4.74 Å². The van der Waals surface area contributed by atoms with Gasteiger partial charge in [-0.05, 0) is 44.6 Å². The minimum Gasteiger partial charge on any atom is -0.464 e. The fraction of sp³-hybridized carbons (Fsp3) is 0.296. The maximum atomic E-state index is 9.29. The van der Waals surface area contributed by atoms with Crippen molar-refractivity contribution in [2.45, 2.75) is 12.8 Å². The summed E-state index contributed by atoms with van der Waals surface area (Å²) in [5, 5.41) is 14.6. The van der Waals surface area contributed by atoms with E-state index in [2.05, 4.69) is 34.2 Å². The molecule has 0 spiro atoms. The Bertz CT molecular complexity index is 1590. The Hall–Kier alpha value is -4.29. The highest BCUT2D eigenvalue weighted by atomic mass is 16.5. The molecule has 1 atom stereocenters. The van der Waals surface area contributed by atoms with Crippen molar-refractivity contribution in [2.24, 2.45) is 13.0 Å². The summed E-state index contributed by atoms with van der Waals surface area (Å²) in [7, 11) is 4.03. The molecule has 0 saturated carbocycles. The van der Waals surface area contributed by atoms with Gasteiger partial charge < -0.3 is 9.64 Å². The topological polar surface area (TPSA) is 97.2 Å². The third kappa shape index (κ3) is 3.95. The van der Waals surface area contributed by atoms with Crippen LogP contribution in [0.4, 0.5) is 0 Å². The van der Waals surface area contributed by atoms with Gasteiger partial charge >= 0.3 is 6.01 Å². The van der Waals surface area contributed by atoms with Gasteiger partial charge in [-0.1, -0.05) is 12.1 Å². The zero-order valence-electron chi connectivity index (χ0n) is 20.3. The van der Waals surface area contributed by atoms with Crippen molar-refractivity contribution in [1.29, 1.82) is 5.26 Å². The largest absolute Gasteiger partial charge is 0.464 e. The molecule has 5 aromatic rings. The molecule has 1 aliphatic heterocycles. The third-order valence-corrected chi connectivity index (χ3v) is 6.83. The number of rotatable bonds is 5. The predicted molar refractivity (Wildman–Crippen MR) is 136 cm³/mol. The average molecular weight is 479 g/mol. The SMILES string of the molecule is CN1CCC[C@@H](COc2nc(-c3ccc(C#N)cc3)c(-c3cnc4c(cnn4C)c3)c3nccn23)C1. The highest BCUT2D eigenvalue weighted by molar-refractivity contribution is 5.93. The fourth-order valence-electron chi connectivity index (χ4n) is 5.02. The number of nitriles is 1. The van der Waals surface area contributed by atoms with Gasteiger partial charge in [-0.15, -0.1) is 0 Å². The van der Waals surface area contributed by atoms with Crippen LogP contribution in [0.1, 0.15) is 18.4 Å². The number of likely N-dealkylation sites (tertiary alicyclic amines) is 1. The standard InChI is InChI=1S/C27H26N8O/c1-33-10-3-4-19(16-33)17-36-27-32-24(20-7-5-18(13-28)6-8-20)23(26-29-9-11-35(26)27)21-12-22-15-31-34(2)25(22)30-14-21/h5-9,11-12,14-15,19H,3-4,10,16-17H2,1-2H3/t19-/m1/s1. The first-order valence-electron chi connectivity index (χ1n) is 12.1. The highest BCUT2D eigenvalue weighted by Gasteiger charge is 2.22. The van der Waals surface area contributed by atoms with Gasteiger partial charge in [-0.25, -0.2) is 9.97 Å². The van der Waals surface area contributed by atoms with Crippen molar-refractivity contribution in [3.63, 3.8) is 0 Å². The van der Waals surface area contributed by atoms with Gasteiger partial charge in [0.15, 0.2) is 11.3 Å². The van der Waals surface area contributed by atoms with E-state index in [1.165, 1.54) is 6.42 Å². The summed E-state index contributed by atoms with van der Waals surface area (Å²) in [6, 6.07) is 12.2. The number of pyridine rings is 1. The van der Waals surface area contributed by atoms with Crippen molar-refractivity contribution >= 4 is 16.7 Å². The summed E-state index contributed by atoms with van der Waals surface area (Å²) >= 11 is 0. The predicted octanol–water partition coefficient (Wildman–Crippen LogP) is 3.94.